The van der Waals surface area contributed by atoms with Crippen molar-refractivity contribution >= 4 is 5.91 Å². The van der Waals surface area contributed by atoms with Crippen LogP contribution in [0.3, 0.4) is 0 Å². The topological polar surface area (TPSA) is 59.0 Å². The zero-order valence-electron chi connectivity index (χ0n) is 12.5. The first-order chi connectivity index (χ1) is 10.2. The van der Waals surface area contributed by atoms with Crippen LogP contribution in [0.15, 0.2) is 18.2 Å². The molecule has 0 saturated carbocycles. The van der Waals surface area contributed by atoms with Crippen LogP contribution in [0.25, 0.3) is 0 Å². The number of hydrogen-bond acceptors (Lipinski definition) is 4. The molecule has 0 unspecified atom stereocenters. The normalized spacial score (nSPS) is 15.4. The summed E-state index contributed by atoms with van der Waals surface area (Å²) in [6.07, 6.45) is 4.51. The summed E-state index contributed by atoms with van der Waals surface area (Å²) in [4.78, 5) is 14.1. The van der Waals surface area contributed by atoms with Gasteiger partial charge < -0.3 is 19.5 Å². The minimum Gasteiger partial charge on any atom is -0.493 e. The van der Waals surface area contributed by atoms with Gasteiger partial charge in [-0.3, -0.25) is 4.79 Å². The molecule has 5 nitrogen and oxygen atoms in total. The van der Waals surface area contributed by atoms with Crippen LogP contribution >= 0.6 is 0 Å². The van der Waals surface area contributed by atoms with Gasteiger partial charge >= 0.3 is 0 Å². The maximum Gasteiger partial charge on any atom is 0.260 e. The number of nitrogens with zero attached hydrogens (tertiary/aromatic N) is 1. The van der Waals surface area contributed by atoms with Gasteiger partial charge in [-0.25, -0.2) is 0 Å². The maximum absolute atomic E-state index is 12.2. The quantitative estimate of drug-likeness (QED) is 0.901. The fourth-order valence-corrected chi connectivity index (χ4v) is 2.48. The Hall–Kier alpha value is -1.75. The number of likely N-dealkylation sites (tertiary alicyclic amines) is 1. The van der Waals surface area contributed by atoms with E-state index < -0.39 is 0 Å². The van der Waals surface area contributed by atoms with Gasteiger partial charge in [-0.15, -0.1) is 0 Å². The average molecular weight is 293 g/mol. The zero-order chi connectivity index (χ0) is 15.1. The lowest BCUT2D eigenvalue weighted by Crippen LogP contribution is -2.35. The van der Waals surface area contributed by atoms with Crippen molar-refractivity contribution in [3.8, 4) is 11.5 Å². The van der Waals surface area contributed by atoms with E-state index in [1.807, 2.05) is 4.90 Å². The number of ether oxygens (including phenoxy) is 2. The SMILES string of the molecule is COc1ccc(CO)cc1OCC(=O)N1CCCCCC1. The summed E-state index contributed by atoms with van der Waals surface area (Å²) in [5.41, 5.74) is 0.730. The zero-order valence-corrected chi connectivity index (χ0v) is 12.5. The molecule has 1 aliphatic rings. The molecule has 0 bridgehead atoms. The van der Waals surface area contributed by atoms with Gasteiger partial charge in [0.05, 0.1) is 13.7 Å². The molecular weight excluding hydrogens is 270 g/mol. The van der Waals surface area contributed by atoms with Gasteiger partial charge in [-0.05, 0) is 30.5 Å². The molecule has 116 valence electrons. The van der Waals surface area contributed by atoms with Crippen molar-refractivity contribution in [2.45, 2.75) is 32.3 Å². The summed E-state index contributed by atoms with van der Waals surface area (Å²) >= 11 is 0. The van der Waals surface area contributed by atoms with E-state index >= 15 is 0 Å². The molecule has 0 atom stereocenters. The molecule has 2 rings (SSSR count). The summed E-state index contributed by atoms with van der Waals surface area (Å²) in [7, 11) is 1.55. The summed E-state index contributed by atoms with van der Waals surface area (Å²) < 4.78 is 10.8. The lowest BCUT2D eigenvalue weighted by Gasteiger charge is -2.20. The first kappa shape index (κ1) is 15.6. The third kappa shape index (κ3) is 4.36. The van der Waals surface area contributed by atoms with E-state index in [-0.39, 0.29) is 19.1 Å². The Morgan fingerprint density at radius 1 is 1.19 bits per heavy atom. The van der Waals surface area contributed by atoms with Gasteiger partial charge in [-0.2, -0.15) is 0 Å². The highest BCUT2D eigenvalue weighted by Gasteiger charge is 2.16. The van der Waals surface area contributed by atoms with Gasteiger partial charge in [0, 0.05) is 13.1 Å². The molecule has 1 N–H and O–H groups in total. The molecule has 0 radical (unpaired) electrons. The highest BCUT2D eigenvalue weighted by atomic mass is 16.5. The lowest BCUT2D eigenvalue weighted by atomic mass is 10.2. The molecule has 1 amide bonds. The fourth-order valence-electron chi connectivity index (χ4n) is 2.48. The molecule has 0 spiro atoms. The van der Waals surface area contributed by atoms with Gasteiger partial charge in [0.1, 0.15) is 0 Å². The molecule has 1 aromatic rings. The van der Waals surface area contributed by atoms with E-state index in [0.717, 1.165) is 31.5 Å². The standard InChI is InChI=1S/C16H23NO4/c1-20-14-7-6-13(11-18)10-15(14)21-12-16(19)17-8-4-2-3-5-9-17/h6-7,10,18H,2-5,8-9,11-12H2,1H3. The van der Waals surface area contributed by atoms with Gasteiger partial charge in [0.2, 0.25) is 0 Å². The number of amides is 1. The van der Waals surface area contributed by atoms with Gasteiger partial charge in [0.15, 0.2) is 18.1 Å². The van der Waals surface area contributed by atoms with Gasteiger partial charge in [-0.1, -0.05) is 18.9 Å². The van der Waals surface area contributed by atoms with E-state index in [4.69, 9.17) is 14.6 Å². The van der Waals surface area contributed by atoms with Crippen LogP contribution in [0.4, 0.5) is 0 Å². The second-order valence-corrected chi connectivity index (χ2v) is 5.23. The first-order valence-electron chi connectivity index (χ1n) is 7.43. The van der Waals surface area contributed by atoms with E-state index in [1.54, 1.807) is 25.3 Å². The first-order valence-corrected chi connectivity index (χ1v) is 7.43. The average Bonchev–Trinajstić information content (AvgIpc) is 2.81. The number of aliphatic hydroxyl groups excluding tert-OH is 1. The van der Waals surface area contributed by atoms with Crippen molar-refractivity contribution in [3.63, 3.8) is 0 Å². The van der Waals surface area contributed by atoms with Crippen molar-refractivity contribution in [3.05, 3.63) is 23.8 Å². The number of aliphatic hydroxyl groups is 1. The fraction of sp³-hybridized carbons (Fsp3) is 0.562. The third-order valence-corrected chi connectivity index (χ3v) is 3.72. The lowest BCUT2D eigenvalue weighted by molar-refractivity contribution is -0.133. The Bertz CT molecular complexity index is 467. The van der Waals surface area contributed by atoms with Crippen LogP contribution in [0.2, 0.25) is 0 Å². The molecule has 1 saturated heterocycles. The summed E-state index contributed by atoms with van der Waals surface area (Å²) in [6, 6.07) is 5.20. The molecule has 1 heterocycles. The van der Waals surface area contributed by atoms with E-state index in [1.165, 1.54) is 12.8 Å². The number of rotatable bonds is 5. The van der Waals surface area contributed by atoms with E-state index in [2.05, 4.69) is 0 Å². The van der Waals surface area contributed by atoms with Crippen LogP contribution in [0.1, 0.15) is 31.2 Å². The minimum atomic E-state index is -0.0690. The summed E-state index contributed by atoms with van der Waals surface area (Å²) in [5, 5.41) is 9.17. The molecule has 0 aliphatic carbocycles. The number of benzene rings is 1. The van der Waals surface area contributed by atoms with Crippen molar-refractivity contribution in [1.82, 2.24) is 4.90 Å². The predicted molar refractivity (Wildman–Crippen MR) is 79.5 cm³/mol. The maximum atomic E-state index is 12.2. The molecule has 1 fully saturated rings. The third-order valence-electron chi connectivity index (χ3n) is 3.72. The van der Waals surface area contributed by atoms with Crippen molar-refractivity contribution in [2.75, 3.05) is 26.8 Å². The number of methoxy groups -OCH3 is 1. The van der Waals surface area contributed by atoms with Crippen LogP contribution in [0.5, 0.6) is 11.5 Å². The molecule has 21 heavy (non-hydrogen) atoms. The minimum absolute atomic E-state index is 0.00520. The Kier molecular flexibility index (Phi) is 5.87. The second-order valence-electron chi connectivity index (χ2n) is 5.23. The highest BCUT2D eigenvalue weighted by molar-refractivity contribution is 5.77. The smallest absolute Gasteiger partial charge is 0.260 e. The Labute approximate surface area is 125 Å². The van der Waals surface area contributed by atoms with E-state index in [0.29, 0.717) is 11.5 Å². The van der Waals surface area contributed by atoms with Crippen LogP contribution in [-0.4, -0.2) is 42.7 Å². The number of hydrogen-bond donors (Lipinski definition) is 1. The van der Waals surface area contributed by atoms with Crippen molar-refractivity contribution < 1.29 is 19.4 Å². The number of carbonyl (C=O) groups excluding carboxylic acids is 1. The Morgan fingerprint density at radius 2 is 1.90 bits per heavy atom. The van der Waals surface area contributed by atoms with Crippen molar-refractivity contribution in [2.24, 2.45) is 0 Å². The molecule has 1 aliphatic heterocycles. The van der Waals surface area contributed by atoms with Gasteiger partial charge in [0.25, 0.3) is 5.91 Å². The largest absolute Gasteiger partial charge is 0.493 e. The van der Waals surface area contributed by atoms with E-state index in [9.17, 15) is 4.79 Å². The van der Waals surface area contributed by atoms with Crippen LogP contribution in [0, 0.1) is 0 Å². The highest BCUT2D eigenvalue weighted by Crippen LogP contribution is 2.28. The number of carbonyl (C=O) groups is 1. The summed E-state index contributed by atoms with van der Waals surface area (Å²) in [5.74, 6) is 1.07. The Balaban J connectivity index is 1.96. The second kappa shape index (κ2) is 7.88. The van der Waals surface area contributed by atoms with Crippen LogP contribution in [-0.2, 0) is 11.4 Å². The summed E-state index contributed by atoms with van der Waals surface area (Å²) in [6.45, 7) is 1.57. The molecule has 0 aromatic heterocycles. The van der Waals surface area contributed by atoms with Crippen molar-refractivity contribution in [1.29, 1.82) is 0 Å². The molecule has 1 aromatic carbocycles. The molecular formula is C16H23NO4. The monoisotopic (exact) mass is 293 g/mol. The Morgan fingerprint density at radius 3 is 2.52 bits per heavy atom. The molecule has 5 heteroatoms. The predicted octanol–water partition coefficient (Wildman–Crippen LogP) is 1.97. The van der Waals surface area contributed by atoms with Crippen LogP contribution < -0.4 is 9.47 Å².